The fourth-order valence-corrected chi connectivity index (χ4v) is 12.5. The van der Waals surface area contributed by atoms with Gasteiger partial charge in [0.05, 0.1) is 59.5 Å². The number of nitrogens with one attached hydrogen (secondary N) is 1. The molecule has 16 atom stereocenters. The van der Waals surface area contributed by atoms with Crippen LogP contribution in [0.5, 0.6) is 0 Å². The fourth-order valence-electron chi connectivity index (χ4n) is 11.8. The molecule has 0 aliphatic carbocycles. The summed E-state index contributed by atoms with van der Waals surface area (Å²) < 4.78 is 98.5. The maximum atomic E-state index is 13.4. The Morgan fingerprint density at radius 2 is 0.859 bits per heavy atom. The second-order valence-electron chi connectivity index (χ2n) is 25.0. The van der Waals surface area contributed by atoms with Crippen LogP contribution in [0.2, 0.25) is 25.7 Å². The summed E-state index contributed by atoms with van der Waals surface area (Å²) in [5, 5.41) is 15.6. The first kappa shape index (κ1) is 67.1. The van der Waals surface area contributed by atoms with E-state index in [4.69, 9.17) is 66.3 Å². The normalized spacial score (nSPS) is 28.2. The van der Waals surface area contributed by atoms with E-state index in [1.165, 1.54) is 6.92 Å². The summed E-state index contributed by atoms with van der Waals surface area (Å²) in [7, 11) is -1.62. The summed E-state index contributed by atoms with van der Waals surface area (Å²) in [6.07, 6.45) is -15.6. The third kappa shape index (κ3) is 18.9. The Labute approximate surface area is 541 Å². The first-order chi connectivity index (χ1) is 45.0. The molecule has 0 saturated carbocycles. The molecule has 4 fully saturated rings. The van der Waals surface area contributed by atoms with Crippen LogP contribution >= 0.6 is 0 Å². The maximum absolute atomic E-state index is 13.4. The van der Waals surface area contributed by atoms with Gasteiger partial charge in [-0.3, -0.25) is 4.79 Å². The summed E-state index contributed by atoms with van der Waals surface area (Å²) in [6.45, 7) is 9.80. The highest BCUT2D eigenvalue weighted by molar-refractivity contribution is 6.76. The standard InChI is InChI=1S/C74H87NO16Si/c1-51(76)75-62-63(77)64-61(50-85-71(89-64)58-38-24-11-25-39-58)86-72(62)91-68-65(81-44-54-30-16-7-17-31-54)59(48-78-42-52-26-12-5-13-27-52)88-74(70(68)84-47-57-36-22-10-23-37-57)90-66-60(49-79-43-53-28-14-6-15-29-53)87-73(80-40-41-92(2,3)4)69(83-46-56-34-20-9-21-35-56)67(66)82-45-55-32-18-8-19-33-55/h5-39,59-74,77H,40-50H2,1-4H3,(H,75,76)/t59-,60-,61-,62-,63-,64-,65+,66-,67+,68+,69-,70-,71?,72+,73-,74+/m1/s1. The van der Waals surface area contributed by atoms with E-state index in [1.54, 1.807) is 0 Å². The lowest BCUT2D eigenvalue weighted by Gasteiger charge is -2.52. The Hall–Kier alpha value is -6.37. The summed E-state index contributed by atoms with van der Waals surface area (Å²) in [6, 6.07) is 68.5. The lowest BCUT2D eigenvalue weighted by Crippen LogP contribution is -2.70. The number of ether oxygens (including phenoxy) is 14. The molecule has 7 aromatic rings. The van der Waals surface area contributed by atoms with Crippen molar-refractivity contribution in [3.63, 3.8) is 0 Å². The highest BCUT2D eigenvalue weighted by atomic mass is 28.3. The van der Waals surface area contributed by atoms with Crippen LogP contribution in [-0.4, -0.2) is 138 Å². The van der Waals surface area contributed by atoms with Gasteiger partial charge in [-0.05, 0) is 39.4 Å². The average Bonchev–Trinajstić information content (AvgIpc) is 0.790. The van der Waals surface area contributed by atoms with Crippen LogP contribution in [0.15, 0.2) is 212 Å². The van der Waals surface area contributed by atoms with Gasteiger partial charge in [-0.25, -0.2) is 0 Å². The van der Waals surface area contributed by atoms with Gasteiger partial charge in [0.15, 0.2) is 25.2 Å². The fraction of sp³-hybridized carbons (Fsp3) is 0.419. The molecule has 18 heteroatoms. The van der Waals surface area contributed by atoms with Crippen molar-refractivity contribution in [2.75, 3.05) is 26.4 Å². The molecule has 0 radical (unpaired) electrons. The molecule has 0 bridgehead atoms. The minimum atomic E-state index is -1.62. The van der Waals surface area contributed by atoms with Gasteiger partial charge in [0.1, 0.15) is 73.2 Å². The molecule has 1 unspecified atom stereocenters. The van der Waals surface area contributed by atoms with E-state index >= 15 is 0 Å². The zero-order valence-corrected chi connectivity index (χ0v) is 53.8. The molecule has 4 saturated heterocycles. The molecule has 1 amide bonds. The SMILES string of the molecule is CC(=O)N[C@H]1[C@H](O[C@H]2[C@@H](OCc3ccccc3)[C@@H](COCc3ccccc3)O[C@@H](O[C@H]3[C@H](OCc4ccccc4)[C@@H](OCc4ccccc4)[C@H](OCC[Si](C)(C)C)O[C@@H]3COCc3ccccc3)[C@@H]2OCc2ccccc2)O[C@@H]2COC(c3ccccc3)O[C@H]2[C@@H]1O. The second-order valence-corrected chi connectivity index (χ2v) is 30.6. The van der Waals surface area contributed by atoms with Gasteiger partial charge in [-0.15, -0.1) is 0 Å². The molecule has 17 nitrogen and oxygen atoms in total. The van der Waals surface area contributed by atoms with Gasteiger partial charge in [-0.2, -0.15) is 0 Å². The van der Waals surface area contributed by atoms with E-state index in [0.29, 0.717) is 6.61 Å². The lowest BCUT2D eigenvalue weighted by molar-refractivity contribution is -0.395. The molecule has 4 aliphatic heterocycles. The third-order valence-electron chi connectivity index (χ3n) is 16.6. The van der Waals surface area contributed by atoms with Crippen molar-refractivity contribution in [2.45, 2.75) is 171 Å². The van der Waals surface area contributed by atoms with Crippen LogP contribution < -0.4 is 5.32 Å². The Bertz CT molecular complexity index is 3240. The monoisotopic (exact) mass is 1270 g/mol. The Balaban J connectivity index is 1.02. The Morgan fingerprint density at radius 3 is 1.33 bits per heavy atom. The van der Waals surface area contributed by atoms with Gasteiger partial charge in [0.25, 0.3) is 0 Å². The van der Waals surface area contributed by atoms with Crippen LogP contribution in [0.4, 0.5) is 0 Å². The smallest absolute Gasteiger partial charge is 0.217 e. The van der Waals surface area contributed by atoms with Crippen molar-refractivity contribution >= 4 is 14.0 Å². The number of hydrogen-bond acceptors (Lipinski definition) is 16. The summed E-state index contributed by atoms with van der Waals surface area (Å²) in [5.41, 5.74) is 6.25. The predicted molar refractivity (Wildman–Crippen MR) is 346 cm³/mol. The van der Waals surface area contributed by atoms with Crippen molar-refractivity contribution in [3.8, 4) is 0 Å². The van der Waals surface area contributed by atoms with Crippen LogP contribution in [0.1, 0.15) is 52.2 Å². The number of rotatable bonds is 30. The van der Waals surface area contributed by atoms with Crippen LogP contribution in [0.25, 0.3) is 0 Å². The van der Waals surface area contributed by atoms with E-state index in [9.17, 15) is 9.90 Å². The number of fused-ring (bicyclic) bond motifs is 1. The van der Waals surface area contributed by atoms with Gasteiger partial charge >= 0.3 is 0 Å². The molecular formula is C74H87NO16Si. The lowest BCUT2D eigenvalue weighted by atomic mass is 9.94. The van der Waals surface area contributed by atoms with Crippen LogP contribution in [0.3, 0.4) is 0 Å². The quantitative estimate of drug-likeness (QED) is 0.0406. The van der Waals surface area contributed by atoms with E-state index < -0.39 is 112 Å². The third-order valence-corrected chi connectivity index (χ3v) is 18.3. The minimum Gasteiger partial charge on any atom is -0.388 e. The van der Waals surface area contributed by atoms with Crippen molar-refractivity contribution in [1.29, 1.82) is 0 Å². The minimum absolute atomic E-state index is 0.0233. The zero-order chi connectivity index (χ0) is 63.5. The average molecular weight is 1270 g/mol. The second kappa shape index (κ2) is 33.6. The number of aliphatic hydroxyl groups excluding tert-OH is 1. The maximum Gasteiger partial charge on any atom is 0.217 e. The molecule has 2 N–H and O–H groups in total. The number of aliphatic hydroxyl groups is 1. The predicted octanol–water partition coefficient (Wildman–Crippen LogP) is 11.0. The highest BCUT2D eigenvalue weighted by Gasteiger charge is 2.58. The molecule has 7 aromatic carbocycles. The van der Waals surface area contributed by atoms with E-state index in [0.717, 1.165) is 45.0 Å². The number of benzene rings is 7. The van der Waals surface area contributed by atoms with Crippen molar-refractivity contribution in [3.05, 3.63) is 251 Å². The largest absolute Gasteiger partial charge is 0.388 e. The molecule has 4 aliphatic rings. The first-order valence-electron chi connectivity index (χ1n) is 32.0. The molecule has 0 spiro atoms. The van der Waals surface area contributed by atoms with Crippen molar-refractivity contribution < 1.29 is 76.2 Å². The number of amides is 1. The summed E-state index contributed by atoms with van der Waals surface area (Å²) in [5.74, 6) is -0.434. The highest BCUT2D eigenvalue weighted by Crippen LogP contribution is 2.40. The van der Waals surface area contributed by atoms with Crippen molar-refractivity contribution in [2.24, 2.45) is 0 Å². The Morgan fingerprint density at radius 1 is 0.457 bits per heavy atom. The number of carbonyl (C=O) groups excluding carboxylic acids is 1. The molecular weight excluding hydrogens is 1190 g/mol. The first-order valence-corrected chi connectivity index (χ1v) is 35.7. The zero-order valence-electron chi connectivity index (χ0n) is 52.8. The van der Waals surface area contributed by atoms with Gasteiger partial charge < -0.3 is 76.7 Å². The summed E-state index contributed by atoms with van der Waals surface area (Å²) in [4.78, 5) is 13.4. The van der Waals surface area contributed by atoms with E-state index in [-0.39, 0.29) is 59.5 Å². The molecule has 4 heterocycles. The van der Waals surface area contributed by atoms with Gasteiger partial charge in [0.2, 0.25) is 5.91 Å². The van der Waals surface area contributed by atoms with Crippen LogP contribution in [-0.2, 0) is 111 Å². The number of carbonyl (C=O) groups is 1. The molecule has 0 aromatic heterocycles. The molecule has 92 heavy (non-hydrogen) atoms. The van der Waals surface area contributed by atoms with E-state index in [1.807, 2.05) is 212 Å². The Kier molecular flexibility index (Phi) is 24.5. The topological polar surface area (TPSA) is 179 Å². The number of hydrogen-bond donors (Lipinski definition) is 2. The van der Waals surface area contributed by atoms with E-state index in [2.05, 4.69) is 25.0 Å². The summed E-state index contributed by atoms with van der Waals surface area (Å²) >= 11 is 0. The van der Waals surface area contributed by atoms with Crippen molar-refractivity contribution in [1.82, 2.24) is 5.32 Å². The van der Waals surface area contributed by atoms with Crippen LogP contribution in [0, 0.1) is 0 Å². The molecule has 11 rings (SSSR count). The van der Waals surface area contributed by atoms with Gasteiger partial charge in [-0.1, -0.05) is 232 Å². The van der Waals surface area contributed by atoms with Gasteiger partial charge in [0, 0.05) is 27.2 Å². The molecule has 488 valence electrons.